The molecule has 0 unspecified atom stereocenters. The number of nitrogens with zero attached hydrogens (tertiary/aromatic N) is 1. The monoisotopic (exact) mass is 292 g/mol. The lowest BCUT2D eigenvalue weighted by molar-refractivity contribution is -0.115. The zero-order chi connectivity index (χ0) is 15.7. The molecule has 0 radical (unpaired) electrons. The van der Waals surface area contributed by atoms with Crippen LogP contribution in [-0.2, 0) is 4.79 Å². The number of phenols is 2. The molecular weight excluding hydrogens is 272 g/mol. The van der Waals surface area contributed by atoms with E-state index in [0.29, 0.717) is 18.7 Å². The summed E-state index contributed by atoms with van der Waals surface area (Å²) in [6.07, 6.45) is 4.41. The Morgan fingerprint density at radius 1 is 1.29 bits per heavy atom. The second-order valence-electron chi connectivity index (χ2n) is 4.33. The van der Waals surface area contributed by atoms with Gasteiger partial charge in [-0.1, -0.05) is 6.07 Å². The van der Waals surface area contributed by atoms with Crippen molar-refractivity contribution in [2.45, 2.75) is 12.8 Å². The summed E-state index contributed by atoms with van der Waals surface area (Å²) in [6, 6.07) is 4.23. The Balaban J connectivity index is 2.48. The molecule has 7 heteroatoms. The SMILES string of the molecule is NCCCCN=C(N)NC(=O)/C=C/c1ccc(O)c(O)c1. The van der Waals surface area contributed by atoms with Crippen molar-refractivity contribution in [1.29, 1.82) is 0 Å². The van der Waals surface area contributed by atoms with E-state index in [9.17, 15) is 9.90 Å². The van der Waals surface area contributed by atoms with Crippen molar-refractivity contribution in [3.8, 4) is 11.5 Å². The second-order valence-corrected chi connectivity index (χ2v) is 4.33. The average Bonchev–Trinajstić information content (AvgIpc) is 2.45. The van der Waals surface area contributed by atoms with E-state index >= 15 is 0 Å². The lowest BCUT2D eigenvalue weighted by Crippen LogP contribution is -2.35. The van der Waals surface area contributed by atoms with Crippen molar-refractivity contribution in [2.75, 3.05) is 13.1 Å². The fourth-order valence-corrected chi connectivity index (χ4v) is 1.48. The third kappa shape index (κ3) is 6.44. The number of unbranched alkanes of at least 4 members (excludes halogenated alkanes) is 1. The maximum Gasteiger partial charge on any atom is 0.250 e. The average molecular weight is 292 g/mol. The number of guanidine groups is 1. The van der Waals surface area contributed by atoms with Crippen LogP contribution in [0, 0.1) is 0 Å². The van der Waals surface area contributed by atoms with Crippen molar-refractivity contribution in [3.05, 3.63) is 29.8 Å². The van der Waals surface area contributed by atoms with Crippen LogP contribution in [0.3, 0.4) is 0 Å². The number of benzene rings is 1. The van der Waals surface area contributed by atoms with Crippen LogP contribution >= 0.6 is 0 Å². The first kappa shape index (κ1) is 16.5. The number of hydrogen-bond acceptors (Lipinski definition) is 5. The van der Waals surface area contributed by atoms with Gasteiger partial charge in [0.05, 0.1) is 0 Å². The highest BCUT2D eigenvalue weighted by molar-refractivity contribution is 6.03. The van der Waals surface area contributed by atoms with E-state index in [-0.39, 0.29) is 17.5 Å². The van der Waals surface area contributed by atoms with Crippen LogP contribution in [0.15, 0.2) is 29.3 Å². The zero-order valence-electron chi connectivity index (χ0n) is 11.6. The fraction of sp³-hybridized carbons (Fsp3) is 0.286. The molecule has 0 fully saturated rings. The topological polar surface area (TPSA) is 134 Å². The first-order valence-electron chi connectivity index (χ1n) is 6.54. The molecule has 0 atom stereocenters. The van der Waals surface area contributed by atoms with Crippen LogP contribution in [0.4, 0.5) is 0 Å². The predicted molar refractivity (Wildman–Crippen MR) is 81.7 cm³/mol. The van der Waals surface area contributed by atoms with E-state index in [2.05, 4.69) is 10.3 Å². The highest BCUT2D eigenvalue weighted by atomic mass is 16.3. The van der Waals surface area contributed by atoms with Gasteiger partial charge in [-0.2, -0.15) is 0 Å². The van der Waals surface area contributed by atoms with Crippen molar-refractivity contribution >= 4 is 17.9 Å². The highest BCUT2D eigenvalue weighted by Gasteiger charge is 2.00. The molecule has 1 rings (SSSR count). The minimum atomic E-state index is -0.428. The molecule has 0 bridgehead atoms. The van der Waals surface area contributed by atoms with Gasteiger partial charge in [0, 0.05) is 12.6 Å². The zero-order valence-corrected chi connectivity index (χ0v) is 11.6. The lowest BCUT2D eigenvalue weighted by Gasteiger charge is -2.01. The van der Waals surface area contributed by atoms with Gasteiger partial charge in [-0.25, -0.2) is 0 Å². The molecule has 0 aliphatic rings. The summed E-state index contributed by atoms with van der Waals surface area (Å²) in [6.45, 7) is 1.11. The van der Waals surface area contributed by atoms with Crippen LogP contribution in [0.25, 0.3) is 6.08 Å². The van der Waals surface area contributed by atoms with E-state index in [0.717, 1.165) is 12.8 Å². The van der Waals surface area contributed by atoms with Crippen LogP contribution < -0.4 is 16.8 Å². The number of aromatic hydroxyl groups is 2. The number of amides is 1. The number of carbonyl (C=O) groups is 1. The normalized spacial score (nSPS) is 11.8. The fourth-order valence-electron chi connectivity index (χ4n) is 1.48. The predicted octanol–water partition coefficient (Wildman–Crippen LogP) is 0.281. The molecule has 7 nitrogen and oxygen atoms in total. The van der Waals surface area contributed by atoms with Gasteiger partial charge in [-0.05, 0) is 43.2 Å². The van der Waals surface area contributed by atoms with E-state index in [1.165, 1.54) is 24.3 Å². The molecule has 1 aromatic rings. The smallest absolute Gasteiger partial charge is 0.250 e. The van der Waals surface area contributed by atoms with Crippen LogP contribution in [0.1, 0.15) is 18.4 Å². The molecule has 0 aromatic heterocycles. The largest absolute Gasteiger partial charge is 0.504 e. The Labute approximate surface area is 123 Å². The summed E-state index contributed by atoms with van der Waals surface area (Å²) in [5, 5.41) is 20.9. The molecule has 114 valence electrons. The number of hydrogen-bond donors (Lipinski definition) is 5. The van der Waals surface area contributed by atoms with Crippen molar-refractivity contribution in [1.82, 2.24) is 5.32 Å². The Kier molecular flexibility index (Phi) is 6.76. The molecule has 0 aliphatic carbocycles. The molecule has 1 amide bonds. The molecule has 0 heterocycles. The molecule has 0 saturated heterocycles. The van der Waals surface area contributed by atoms with E-state index < -0.39 is 5.91 Å². The van der Waals surface area contributed by atoms with Crippen LogP contribution in [-0.4, -0.2) is 35.2 Å². The summed E-state index contributed by atoms with van der Waals surface area (Å²) >= 11 is 0. The molecular formula is C14H20N4O3. The van der Waals surface area contributed by atoms with Gasteiger partial charge in [-0.3, -0.25) is 15.1 Å². The summed E-state index contributed by atoms with van der Waals surface area (Å²) in [4.78, 5) is 15.6. The maximum absolute atomic E-state index is 11.6. The first-order valence-corrected chi connectivity index (χ1v) is 6.54. The molecule has 21 heavy (non-hydrogen) atoms. The summed E-state index contributed by atoms with van der Waals surface area (Å²) in [5.41, 5.74) is 11.5. The second kappa shape index (κ2) is 8.60. The molecule has 1 aromatic carbocycles. The third-order valence-corrected chi connectivity index (χ3v) is 2.57. The van der Waals surface area contributed by atoms with Gasteiger partial charge >= 0.3 is 0 Å². The Hall–Kier alpha value is -2.54. The molecule has 0 saturated carbocycles. The Morgan fingerprint density at radius 3 is 2.71 bits per heavy atom. The Bertz CT molecular complexity index is 541. The number of nitrogens with one attached hydrogen (secondary N) is 1. The van der Waals surface area contributed by atoms with Crippen molar-refractivity contribution < 1.29 is 15.0 Å². The molecule has 7 N–H and O–H groups in total. The van der Waals surface area contributed by atoms with E-state index in [4.69, 9.17) is 16.6 Å². The number of aliphatic imine (C=N–C) groups is 1. The highest BCUT2D eigenvalue weighted by Crippen LogP contribution is 2.25. The number of phenolic OH excluding ortho intramolecular Hbond substituents is 2. The quantitative estimate of drug-likeness (QED) is 0.169. The van der Waals surface area contributed by atoms with Crippen LogP contribution in [0.2, 0.25) is 0 Å². The number of nitrogens with two attached hydrogens (primary N) is 2. The van der Waals surface area contributed by atoms with E-state index in [1.807, 2.05) is 0 Å². The minimum absolute atomic E-state index is 0.0511. The summed E-state index contributed by atoms with van der Waals surface area (Å²) < 4.78 is 0. The third-order valence-electron chi connectivity index (χ3n) is 2.57. The van der Waals surface area contributed by atoms with Gasteiger partial charge in [0.1, 0.15) is 0 Å². The Morgan fingerprint density at radius 2 is 2.05 bits per heavy atom. The summed E-state index contributed by atoms with van der Waals surface area (Å²) in [7, 11) is 0. The van der Waals surface area contributed by atoms with Gasteiger partial charge < -0.3 is 21.7 Å². The maximum atomic E-state index is 11.6. The molecule has 0 aliphatic heterocycles. The minimum Gasteiger partial charge on any atom is -0.504 e. The molecule has 0 spiro atoms. The summed E-state index contributed by atoms with van der Waals surface area (Å²) in [5.74, 6) is -0.845. The van der Waals surface area contributed by atoms with Gasteiger partial charge in [0.25, 0.3) is 5.91 Å². The van der Waals surface area contributed by atoms with Crippen molar-refractivity contribution in [2.24, 2.45) is 16.5 Å². The number of rotatable bonds is 6. The number of carbonyl (C=O) groups excluding carboxylic acids is 1. The first-order chi connectivity index (χ1) is 10.0. The van der Waals surface area contributed by atoms with Gasteiger partial charge in [-0.15, -0.1) is 0 Å². The lowest BCUT2D eigenvalue weighted by atomic mass is 10.2. The standard InChI is InChI=1S/C14H20N4O3/c15-7-1-2-8-17-14(16)18-13(21)6-4-10-3-5-11(19)12(20)9-10/h3-6,9,19-20H,1-2,7-8,15H2,(H3,16,17,18,21)/b6-4+. The van der Waals surface area contributed by atoms with Gasteiger partial charge in [0.2, 0.25) is 0 Å². The van der Waals surface area contributed by atoms with E-state index in [1.54, 1.807) is 6.07 Å². The van der Waals surface area contributed by atoms with Gasteiger partial charge in [0.15, 0.2) is 17.5 Å². The van der Waals surface area contributed by atoms with Crippen molar-refractivity contribution in [3.63, 3.8) is 0 Å². The van der Waals surface area contributed by atoms with Crippen LogP contribution in [0.5, 0.6) is 11.5 Å².